The summed E-state index contributed by atoms with van der Waals surface area (Å²) in [7, 11) is 0. The lowest BCUT2D eigenvalue weighted by Gasteiger charge is -2.31. The third-order valence-electron chi connectivity index (χ3n) is 6.75. The van der Waals surface area contributed by atoms with Crippen LogP contribution in [0.2, 0.25) is 15.1 Å². The first-order valence-corrected chi connectivity index (χ1v) is 15.3. The van der Waals surface area contributed by atoms with Crippen molar-refractivity contribution >= 4 is 52.6 Å². The van der Waals surface area contributed by atoms with Crippen LogP contribution < -0.4 is 10.1 Å². The van der Waals surface area contributed by atoms with Crippen molar-refractivity contribution in [3.63, 3.8) is 0 Å². The topological polar surface area (TPSA) is 106 Å². The number of halogens is 3. The Kier molecular flexibility index (Phi) is 11.2. The molecule has 0 radical (unpaired) electrons. The minimum absolute atomic E-state index is 0.0290. The maximum atomic E-state index is 14.3. The number of ether oxygens (including phenoxy) is 3. The van der Waals surface area contributed by atoms with Crippen molar-refractivity contribution in [1.82, 2.24) is 5.32 Å². The lowest BCUT2D eigenvalue weighted by atomic mass is 9.83. The fourth-order valence-electron chi connectivity index (χ4n) is 4.73. The lowest BCUT2D eigenvalue weighted by molar-refractivity contribution is -0.155. The minimum atomic E-state index is -1.60. The van der Waals surface area contributed by atoms with Crippen LogP contribution in [0.15, 0.2) is 71.7 Å². The standard InChI is InChI=1S/C33H35Cl3N2O6/c1-32(2,3)44-28(40)14-15-33(31(41)37-20-21-6-4-7-23(34)18-21)29(26-13-10-24(35)19-27(26)36)43-30(38-33)22-8-11-25(12-9-22)42-17-5-16-39/h4,6-13,18-19,29,39H,5,14-17,20H2,1-3H3,(H,37,41)/t29-,33-/m1/s1. The molecular formula is C33H35Cl3N2O6. The predicted octanol–water partition coefficient (Wildman–Crippen LogP) is 7.10. The average molecular weight is 662 g/mol. The van der Waals surface area contributed by atoms with Gasteiger partial charge in [0.05, 0.1) is 6.61 Å². The molecule has 3 aromatic rings. The van der Waals surface area contributed by atoms with E-state index in [2.05, 4.69) is 5.32 Å². The van der Waals surface area contributed by atoms with Crippen LogP contribution in [0.5, 0.6) is 5.75 Å². The van der Waals surface area contributed by atoms with Gasteiger partial charge in [-0.15, -0.1) is 0 Å². The van der Waals surface area contributed by atoms with Crippen LogP contribution in [0, 0.1) is 0 Å². The Morgan fingerprint density at radius 3 is 2.41 bits per heavy atom. The number of carbonyl (C=O) groups is 2. The first-order valence-electron chi connectivity index (χ1n) is 14.2. The van der Waals surface area contributed by atoms with E-state index in [4.69, 9.17) is 59.1 Å². The quantitative estimate of drug-likeness (QED) is 0.158. The monoisotopic (exact) mass is 660 g/mol. The van der Waals surface area contributed by atoms with E-state index in [1.54, 1.807) is 81.4 Å². The van der Waals surface area contributed by atoms with E-state index >= 15 is 0 Å². The zero-order chi connectivity index (χ0) is 31.9. The molecule has 0 aromatic heterocycles. The maximum absolute atomic E-state index is 14.3. The van der Waals surface area contributed by atoms with Gasteiger partial charge in [-0.1, -0.05) is 53.0 Å². The van der Waals surface area contributed by atoms with Crippen LogP contribution in [0.25, 0.3) is 0 Å². The lowest BCUT2D eigenvalue weighted by Crippen LogP contribution is -2.48. The molecule has 3 aromatic carbocycles. The fraction of sp³-hybridized carbons (Fsp3) is 0.364. The maximum Gasteiger partial charge on any atom is 0.306 e. The Morgan fingerprint density at radius 2 is 1.75 bits per heavy atom. The molecule has 0 fully saturated rings. The second kappa shape index (κ2) is 14.7. The van der Waals surface area contributed by atoms with Gasteiger partial charge in [-0.25, -0.2) is 4.99 Å². The number of hydrogen-bond acceptors (Lipinski definition) is 7. The number of rotatable bonds is 12. The van der Waals surface area contributed by atoms with Gasteiger partial charge in [0.25, 0.3) is 5.91 Å². The van der Waals surface area contributed by atoms with Gasteiger partial charge in [0.1, 0.15) is 11.4 Å². The van der Waals surface area contributed by atoms with Gasteiger partial charge in [-0.2, -0.15) is 0 Å². The molecule has 4 rings (SSSR count). The van der Waals surface area contributed by atoms with Crippen molar-refractivity contribution in [3.05, 3.63) is 98.5 Å². The van der Waals surface area contributed by atoms with Crippen LogP contribution in [-0.2, 0) is 25.6 Å². The summed E-state index contributed by atoms with van der Waals surface area (Å²) in [6, 6.07) is 19.1. The van der Waals surface area contributed by atoms with E-state index in [9.17, 15) is 9.59 Å². The highest BCUT2D eigenvalue weighted by Crippen LogP contribution is 2.46. The number of aliphatic imine (C=N–C) groups is 1. The number of aliphatic hydroxyl groups excluding tert-OH is 1. The molecule has 11 heteroatoms. The smallest absolute Gasteiger partial charge is 0.306 e. The van der Waals surface area contributed by atoms with Crippen LogP contribution in [-0.4, -0.2) is 47.2 Å². The SMILES string of the molecule is CC(C)(C)OC(=O)CC[C@@]1(C(=O)NCc2cccc(Cl)c2)N=C(c2ccc(OCCCO)cc2)O[C@@H]1c1ccc(Cl)cc1Cl. The van der Waals surface area contributed by atoms with Crippen LogP contribution in [0.3, 0.4) is 0 Å². The highest BCUT2D eigenvalue weighted by atomic mass is 35.5. The summed E-state index contributed by atoms with van der Waals surface area (Å²) >= 11 is 19.0. The Hall–Kier alpha value is -3.30. The number of hydrogen-bond donors (Lipinski definition) is 2. The molecule has 0 spiro atoms. The van der Waals surface area contributed by atoms with Crippen molar-refractivity contribution in [3.8, 4) is 5.75 Å². The molecule has 0 unspecified atom stereocenters. The molecule has 0 aliphatic carbocycles. The van der Waals surface area contributed by atoms with E-state index in [1.807, 2.05) is 6.07 Å². The summed E-state index contributed by atoms with van der Waals surface area (Å²) in [5.41, 5.74) is -0.440. The molecule has 44 heavy (non-hydrogen) atoms. The Labute approximate surface area is 272 Å². The largest absolute Gasteiger partial charge is 0.494 e. The van der Waals surface area contributed by atoms with E-state index < -0.39 is 29.1 Å². The summed E-state index contributed by atoms with van der Waals surface area (Å²) < 4.78 is 17.7. The average Bonchev–Trinajstić information content (AvgIpc) is 3.35. The number of nitrogens with zero attached hydrogens (tertiary/aromatic N) is 1. The molecule has 0 bridgehead atoms. The molecular weight excluding hydrogens is 627 g/mol. The molecule has 2 atom stereocenters. The zero-order valence-corrected chi connectivity index (χ0v) is 27.0. The van der Waals surface area contributed by atoms with Crippen molar-refractivity contribution in [1.29, 1.82) is 0 Å². The molecule has 0 saturated carbocycles. The van der Waals surface area contributed by atoms with Crippen molar-refractivity contribution < 1.29 is 28.9 Å². The summed E-state index contributed by atoms with van der Waals surface area (Å²) in [6.45, 7) is 5.90. The van der Waals surface area contributed by atoms with E-state index in [1.165, 1.54) is 0 Å². The number of esters is 1. The Balaban J connectivity index is 1.75. The highest BCUT2D eigenvalue weighted by molar-refractivity contribution is 6.35. The van der Waals surface area contributed by atoms with Gasteiger partial charge >= 0.3 is 5.97 Å². The van der Waals surface area contributed by atoms with E-state index in [0.29, 0.717) is 39.9 Å². The van der Waals surface area contributed by atoms with Crippen LogP contribution >= 0.6 is 34.8 Å². The highest BCUT2D eigenvalue weighted by Gasteiger charge is 2.54. The van der Waals surface area contributed by atoms with E-state index in [-0.39, 0.29) is 36.9 Å². The zero-order valence-electron chi connectivity index (χ0n) is 24.7. The fourth-order valence-corrected chi connectivity index (χ4v) is 5.45. The first kappa shape index (κ1) is 33.6. The van der Waals surface area contributed by atoms with Gasteiger partial charge in [0, 0.05) is 52.2 Å². The summed E-state index contributed by atoms with van der Waals surface area (Å²) in [5.74, 6) is -0.136. The third kappa shape index (κ3) is 8.66. The molecule has 0 saturated heterocycles. The number of nitrogens with one attached hydrogen (secondary N) is 1. The van der Waals surface area contributed by atoms with Gasteiger partial charge in [-0.05, 0) is 81.3 Å². The summed E-state index contributed by atoms with van der Waals surface area (Å²) in [5, 5.41) is 13.2. The van der Waals surface area contributed by atoms with Gasteiger partial charge in [0.2, 0.25) is 5.90 Å². The summed E-state index contributed by atoms with van der Waals surface area (Å²) in [6.07, 6.45) is -0.629. The second-order valence-electron chi connectivity index (χ2n) is 11.4. The molecule has 1 aliphatic rings. The van der Waals surface area contributed by atoms with Gasteiger partial charge in [0.15, 0.2) is 11.6 Å². The predicted molar refractivity (Wildman–Crippen MR) is 172 cm³/mol. The molecule has 1 heterocycles. The molecule has 1 aliphatic heterocycles. The molecule has 234 valence electrons. The van der Waals surface area contributed by atoms with Crippen molar-refractivity contribution in [2.75, 3.05) is 13.2 Å². The minimum Gasteiger partial charge on any atom is -0.494 e. The Bertz CT molecular complexity index is 1510. The van der Waals surface area contributed by atoms with Crippen molar-refractivity contribution in [2.24, 2.45) is 4.99 Å². The first-order chi connectivity index (χ1) is 20.9. The summed E-state index contributed by atoms with van der Waals surface area (Å²) in [4.78, 5) is 32.1. The molecule has 8 nitrogen and oxygen atoms in total. The number of amides is 1. The third-order valence-corrected chi connectivity index (χ3v) is 7.54. The van der Waals surface area contributed by atoms with Gasteiger partial charge in [-0.3, -0.25) is 9.59 Å². The Morgan fingerprint density at radius 1 is 1.02 bits per heavy atom. The van der Waals surface area contributed by atoms with Crippen LogP contribution in [0.1, 0.15) is 62.8 Å². The second-order valence-corrected chi connectivity index (χ2v) is 12.6. The van der Waals surface area contributed by atoms with E-state index in [0.717, 1.165) is 5.56 Å². The van der Waals surface area contributed by atoms with Gasteiger partial charge < -0.3 is 24.6 Å². The molecule has 2 N–H and O–H groups in total. The number of benzene rings is 3. The normalized spacial score (nSPS) is 17.9. The van der Waals surface area contributed by atoms with Crippen LogP contribution in [0.4, 0.5) is 0 Å². The number of aliphatic hydroxyl groups is 1. The molecule has 1 amide bonds. The van der Waals surface area contributed by atoms with Crippen molar-refractivity contribution in [2.45, 2.75) is 63.8 Å². The number of carbonyl (C=O) groups excluding carboxylic acids is 2.